The van der Waals surface area contributed by atoms with E-state index in [2.05, 4.69) is 111 Å². The molecule has 2 aromatic carbocycles. The fourth-order valence-corrected chi connectivity index (χ4v) is 3.69. The molecule has 0 fully saturated rings. The van der Waals surface area contributed by atoms with Gasteiger partial charge >= 0.3 is 0 Å². The van der Waals surface area contributed by atoms with Gasteiger partial charge in [-0.2, -0.15) is 5.10 Å². The second kappa shape index (κ2) is 7.75. The quantitative estimate of drug-likeness (QED) is 0.713. The molecular formula is C26H29N3. The van der Waals surface area contributed by atoms with Crippen molar-refractivity contribution in [2.75, 3.05) is 4.90 Å². The maximum atomic E-state index is 4.76. The predicted molar refractivity (Wildman–Crippen MR) is 123 cm³/mol. The summed E-state index contributed by atoms with van der Waals surface area (Å²) in [6.07, 6.45) is 9.80. The summed E-state index contributed by atoms with van der Waals surface area (Å²) >= 11 is 0. The summed E-state index contributed by atoms with van der Waals surface area (Å²) in [6, 6.07) is 19.3. The van der Waals surface area contributed by atoms with Gasteiger partial charge in [-0.05, 0) is 42.0 Å². The SMILES string of the molecule is CC1=CC=C(C2NN=C(c3ccc(C(C)(C)C)cc3)N2c2ccccc2)C=CC1. The van der Waals surface area contributed by atoms with Gasteiger partial charge in [0.2, 0.25) is 0 Å². The third kappa shape index (κ3) is 4.04. The second-order valence-corrected chi connectivity index (χ2v) is 8.79. The number of allylic oxidation sites excluding steroid dienone is 4. The number of hydrogen-bond donors (Lipinski definition) is 1. The van der Waals surface area contributed by atoms with Crippen LogP contribution in [0.1, 0.15) is 45.2 Å². The zero-order valence-corrected chi connectivity index (χ0v) is 17.7. The van der Waals surface area contributed by atoms with Gasteiger partial charge in [0.25, 0.3) is 0 Å². The first kappa shape index (κ1) is 19.3. The Labute approximate surface area is 174 Å². The fraction of sp³-hybridized carbons (Fsp3) is 0.269. The molecule has 0 spiro atoms. The molecule has 1 unspecified atom stereocenters. The Morgan fingerprint density at radius 3 is 2.38 bits per heavy atom. The zero-order chi connectivity index (χ0) is 20.4. The van der Waals surface area contributed by atoms with Crippen LogP contribution in [0.2, 0.25) is 0 Å². The molecule has 1 aliphatic carbocycles. The summed E-state index contributed by atoms with van der Waals surface area (Å²) in [7, 11) is 0. The minimum atomic E-state index is -0.0342. The molecule has 1 aliphatic heterocycles. The largest absolute Gasteiger partial charge is 0.298 e. The van der Waals surface area contributed by atoms with Crippen LogP contribution in [-0.2, 0) is 5.41 Å². The maximum absolute atomic E-state index is 4.76. The monoisotopic (exact) mass is 383 g/mol. The molecule has 0 amide bonds. The smallest absolute Gasteiger partial charge is 0.162 e. The lowest BCUT2D eigenvalue weighted by Crippen LogP contribution is -2.41. The van der Waals surface area contributed by atoms with Crippen LogP contribution < -0.4 is 10.3 Å². The number of benzene rings is 2. The maximum Gasteiger partial charge on any atom is 0.162 e. The van der Waals surface area contributed by atoms with Crippen molar-refractivity contribution >= 4 is 11.5 Å². The van der Waals surface area contributed by atoms with Crippen LogP contribution in [0.15, 0.2) is 95.1 Å². The zero-order valence-electron chi connectivity index (χ0n) is 17.7. The van der Waals surface area contributed by atoms with Gasteiger partial charge in [-0.1, -0.05) is 93.1 Å². The number of hydrogen-bond acceptors (Lipinski definition) is 3. The molecule has 0 saturated heterocycles. The van der Waals surface area contributed by atoms with Crippen molar-refractivity contribution in [1.82, 2.24) is 5.43 Å². The average molecular weight is 384 g/mol. The molecule has 0 aromatic heterocycles. The first-order chi connectivity index (χ1) is 13.9. The Balaban J connectivity index is 1.72. The van der Waals surface area contributed by atoms with Crippen LogP contribution in [0.25, 0.3) is 0 Å². The highest BCUT2D eigenvalue weighted by molar-refractivity contribution is 6.11. The van der Waals surface area contributed by atoms with Crippen LogP contribution in [0.4, 0.5) is 5.69 Å². The van der Waals surface area contributed by atoms with Gasteiger partial charge in [0.1, 0.15) is 6.17 Å². The normalized spacial score (nSPS) is 19.2. The van der Waals surface area contributed by atoms with E-state index in [1.165, 1.54) is 16.7 Å². The van der Waals surface area contributed by atoms with Crippen molar-refractivity contribution in [1.29, 1.82) is 0 Å². The molecule has 29 heavy (non-hydrogen) atoms. The van der Waals surface area contributed by atoms with Gasteiger partial charge in [0, 0.05) is 11.3 Å². The summed E-state index contributed by atoms with van der Waals surface area (Å²) < 4.78 is 0. The van der Waals surface area contributed by atoms with E-state index in [9.17, 15) is 0 Å². The van der Waals surface area contributed by atoms with E-state index in [0.29, 0.717) is 0 Å². The van der Waals surface area contributed by atoms with Gasteiger partial charge in [0.05, 0.1) is 0 Å². The molecule has 0 radical (unpaired) electrons. The van der Waals surface area contributed by atoms with E-state index in [-0.39, 0.29) is 11.6 Å². The predicted octanol–water partition coefficient (Wildman–Crippen LogP) is 5.91. The first-order valence-corrected chi connectivity index (χ1v) is 10.3. The van der Waals surface area contributed by atoms with Gasteiger partial charge in [0.15, 0.2) is 5.84 Å². The molecule has 3 heteroatoms. The standard InChI is InChI=1S/C26H29N3/c1-19-9-8-10-20(14-13-19)24-27-28-25(29(24)23-11-6-5-7-12-23)21-15-17-22(18-16-21)26(2,3)4/h5-8,10-18,24,27H,9H2,1-4H3. The van der Waals surface area contributed by atoms with Crippen molar-refractivity contribution in [2.24, 2.45) is 5.10 Å². The van der Waals surface area contributed by atoms with Crippen LogP contribution in [0, 0.1) is 0 Å². The van der Waals surface area contributed by atoms with Crippen LogP contribution >= 0.6 is 0 Å². The number of para-hydroxylation sites is 1. The van der Waals surface area contributed by atoms with Crippen LogP contribution in [0.3, 0.4) is 0 Å². The molecule has 3 nitrogen and oxygen atoms in total. The van der Waals surface area contributed by atoms with Crippen molar-refractivity contribution in [3.8, 4) is 0 Å². The molecule has 1 N–H and O–H groups in total. The fourth-order valence-electron chi connectivity index (χ4n) is 3.69. The lowest BCUT2D eigenvalue weighted by molar-refractivity contribution is 0.590. The Morgan fingerprint density at radius 2 is 1.69 bits per heavy atom. The minimum absolute atomic E-state index is 0.0342. The molecular weight excluding hydrogens is 354 g/mol. The topological polar surface area (TPSA) is 27.6 Å². The van der Waals surface area contributed by atoms with E-state index < -0.39 is 0 Å². The lowest BCUT2D eigenvalue weighted by Gasteiger charge is -2.28. The molecule has 4 rings (SSSR count). The van der Waals surface area contributed by atoms with Crippen molar-refractivity contribution < 1.29 is 0 Å². The van der Waals surface area contributed by atoms with Crippen molar-refractivity contribution in [2.45, 2.75) is 45.7 Å². The van der Waals surface area contributed by atoms with Gasteiger partial charge in [-0.3, -0.25) is 10.3 Å². The van der Waals surface area contributed by atoms with Crippen molar-refractivity contribution in [3.05, 3.63) is 101 Å². The lowest BCUT2D eigenvalue weighted by atomic mass is 9.86. The summed E-state index contributed by atoms with van der Waals surface area (Å²) in [6.45, 7) is 8.88. The number of nitrogens with one attached hydrogen (secondary N) is 1. The Hall–Kier alpha value is -3.07. The summed E-state index contributed by atoms with van der Waals surface area (Å²) in [5.41, 5.74) is 9.64. The third-order valence-corrected chi connectivity index (χ3v) is 5.45. The Kier molecular flexibility index (Phi) is 5.14. The average Bonchev–Trinajstić information content (AvgIpc) is 3.04. The Bertz CT molecular complexity index is 986. The highest BCUT2D eigenvalue weighted by Crippen LogP contribution is 2.29. The van der Waals surface area contributed by atoms with E-state index in [1.807, 2.05) is 6.07 Å². The van der Waals surface area contributed by atoms with Crippen molar-refractivity contribution in [3.63, 3.8) is 0 Å². The van der Waals surface area contributed by atoms with E-state index >= 15 is 0 Å². The van der Waals surface area contributed by atoms with Crippen LogP contribution in [-0.4, -0.2) is 12.0 Å². The molecule has 2 aromatic rings. The third-order valence-electron chi connectivity index (χ3n) is 5.45. The molecule has 0 bridgehead atoms. The number of hydrazone groups is 1. The first-order valence-electron chi connectivity index (χ1n) is 10.3. The highest BCUT2D eigenvalue weighted by Gasteiger charge is 2.32. The van der Waals surface area contributed by atoms with E-state index in [0.717, 1.165) is 23.5 Å². The molecule has 148 valence electrons. The summed E-state index contributed by atoms with van der Waals surface area (Å²) in [4.78, 5) is 2.29. The summed E-state index contributed by atoms with van der Waals surface area (Å²) in [5.74, 6) is 0.945. The molecule has 1 atom stereocenters. The number of amidine groups is 1. The highest BCUT2D eigenvalue weighted by atomic mass is 15.5. The molecule has 0 saturated carbocycles. The second-order valence-electron chi connectivity index (χ2n) is 8.79. The Morgan fingerprint density at radius 1 is 0.966 bits per heavy atom. The van der Waals surface area contributed by atoms with E-state index in [1.54, 1.807) is 0 Å². The minimum Gasteiger partial charge on any atom is -0.298 e. The van der Waals surface area contributed by atoms with Gasteiger partial charge in [-0.25, -0.2) is 0 Å². The van der Waals surface area contributed by atoms with E-state index in [4.69, 9.17) is 5.10 Å². The number of rotatable bonds is 3. The summed E-state index contributed by atoms with van der Waals surface area (Å²) in [5, 5.41) is 4.76. The van der Waals surface area contributed by atoms with Crippen LogP contribution in [0.5, 0.6) is 0 Å². The number of nitrogens with zero attached hydrogens (tertiary/aromatic N) is 2. The van der Waals surface area contributed by atoms with Gasteiger partial charge < -0.3 is 0 Å². The molecule has 1 heterocycles. The molecule has 2 aliphatic rings. The van der Waals surface area contributed by atoms with Gasteiger partial charge in [-0.15, -0.1) is 0 Å². The number of anilines is 1.